The molecular formula is C51H52Cl2F2N8O8. The number of anilines is 2. The Morgan fingerprint density at radius 3 is 2.39 bits per heavy atom. The summed E-state index contributed by atoms with van der Waals surface area (Å²) in [6.45, 7) is 6.32. The molecule has 2 fully saturated rings. The molecule has 0 radical (unpaired) electrons. The number of ether oxygens (including phenoxy) is 1. The van der Waals surface area contributed by atoms with Crippen molar-refractivity contribution < 1.29 is 47.1 Å². The molecule has 0 aliphatic carbocycles. The van der Waals surface area contributed by atoms with Crippen LogP contribution in [0.5, 0.6) is 5.75 Å². The molecule has 4 aromatic carbocycles. The maximum Gasteiger partial charge on any atom is 0.264 e. The second kappa shape index (κ2) is 21.7. The lowest BCUT2D eigenvalue weighted by Crippen LogP contribution is -2.49. The van der Waals surface area contributed by atoms with E-state index in [1.165, 1.54) is 73.8 Å². The van der Waals surface area contributed by atoms with Crippen LogP contribution in [0.4, 0.5) is 20.2 Å². The molecule has 7 amide bonds. The van der Waals surface area contributed by atoms with Gasteiger partial charge in [0.15, 0.2) is 0 Å². The van der Waals surface area contributed by atoms with Gasteiger partial charge in [-0.05, 0) is 98.2 Å². The topological polar surface area (TPSA) is 228 Å². The van der Waals surface area contributed by atoms with Crippen molar-refractivity contribution in [3.63, 3.8) is 0 Å². The number of hydrogen-bond donors (Lipinski definition) is 6. The lowest BCUT2D eigenvalue weighted by Gasteiger charge is -2.37. The van der Waals surface area contributed by atoms with Crippen molar-refractivity contribution in [1.82, 2.24) is 26.2 Å². The Labute approximate surface area is 418 Å². The monoisotopic (exact) mass is 1010 g/mol. The molecule has 0 aromatic heterocycles. The van der Waals surface area contributed by atoms with Gasteiger partial charge < -0.3 is 31.3 Å². The van der Waals surface area contributed by atoms with E-state index >= 15 is 8.78 Å². The molecular weight excluding hydrogens is 962 g/mol. The molecule has 372 valence electrons. The number of carbonyl (C=O) groups excluding carboxylic acids is 7. The quantitative estimate of drug-likeness (QED) is 0.0507. The first kappa shape index (κ1) is 52.1. The fraction of sp³-hybridized carbons (Fsp3) is 0.373. The van der Waals surface area contributed by atoms with Crippen LogP contribution in [0.1, 0.15) is 107 Å². The van der Waals surface area contributed by atoms with Crippen LogP contribution in [-0.2, 0) is 24.6 Å². The van der Waals surface area contributed by atoms with Crippen LogP contribution >= 0.6 is 23.2 Å². The summed E-state index contributed by atoms with van der Waals surface area (Å²) in [4.78, 5) is 92.7. The molecule has 0 bridgehead atoms. The van der Waals surface area contributed by atoms with Crippen molar-refractivity contribution in [3.8, 4) is 11.8 Å². The van der Waals surface area contributed by atoms with Crippen molar-refractivity contribution in [2.24, 2.45) is 5.41 Å². The summed E-state index contributed by atoms with van der Waals surface area (Å²) in [7, 11) is 1.35. The normalized spacial score (nSPS) is 21.0. The molecule has 71 heavy (non-hydrogen) atoms. The maximum atomic E-state index is 16.1. The Morgan fingerprint density at radius 2 is 1.68 bits per heavy atom. The summed E-state index contributed by atoms with van der Waals surface area (Å²) in [5.41, 5.74) is -1.94. The van der Waals surface area contributed by atoms with Gasteiger partial charge in [0, 0.05) is 41.1 Å². The van der Waals surface area contributed by atoms with Crippen molar-refractivity contribution in [1.29, 1.82) is 5.26 Å². The fourth-order valence-corrected chi connectivity index (χ4v) is 9.93. The zero-order valence-electron chi connectivity index (χ0n) is 39.3. The molecule has 5 atom stereocenters. The average molecular weight is 1010 g/mol. The smallest absolute Gasteiger partial charge is 0.264 e. The predicted octanol–water partition coefficient (Wildman–Crippen LogP) is 6.77. The van der Waals surface area contributed by atoms with E-state index in [4.69, 9.17) is 27.9 Å². The first-order valence-corrected chi connectivity index (χ1v) is 23.7. The van der Waals surface area contributed by atoms with Crippen LogP contribution in [0.3, 0.4) is 0 Å². The Balaban J connectivity index is 0.951. The van der Waals surface area contributed by atoms with Crippen LogP contribution in [0.2, 0.25) is 10.0 Å². The highest BCUT2D eigenvalue weighted by Crippen LogP contribution is 2.53. The molecule has 0 saturated carbocycles. The zero-order valence-corrected chi connectivity index (χ0v) is 40.8. The number of fused-ring (bicyclic) bond motifs is 1. The largest absolute Gasteiger partial charge is 0.495 e. The van der Waals surface area contributed by atoms with Crippen molar-refractivity contribution in [2.75, 3.05) is 37.4 Å². The predicted molar refractivity (Wildman–Crippen MR) is 260 cm³/mol. The van der Waals surface area contributed by atoms with Gasteiger partial charge in [-0.25, -0.2) is 8.78 Å². The summed E-state index contributed by atoms with van der Waals surface area (Å²) < 4.78 is 37.8. The van der Waals surface area contributed by atoms with Crippen LogP contribution < -0.4 is 36.6 Å². The van der Waals surface area contributed by atoms with Crippen molar-refractivity contribution in [2.45, 2.75) is 88.8 Å². The Kier molecular flexibility index (Phi) is 15.9. The number of nitrogens with zero attached hydrogens (tertiary/aromatic N) is 2. The van der Waals surface area contributed by atoms with Gasteiger partial charge in [0.1, 0.15) is 28.8 Å². The van der Waals surface area contributed by atoms with Crippen molar-refractivity contribution in [3.05, 3.63) is 122 Å². The van der Waals surface area contributed by atoms with Crippen LogP contribution in [-0.4, -0.2) is 91.1 Å². The van der Waals surface area contributed by atoms with E-state index in [0.717, 1.165) is 11.0 Å². The van der Waals surface area contributed by atoms with Gasteiger partial charge in [-0.2, -0.15) is 5.26 Å². The van der Waals surface area contributed by atoms with Crippen LogP contribution in [0, 0.1) is 28.4 Å². The molecule has 7 rings (SSSR count). The van der Waals surface area contributed by atoms with Crippen molar-refractivity contribution >= 4 is 75.9 Å². The number of hydrogen-bond acceptors (Lipinski definition) is 11. The first-order chi connectivity index (χ1) is 33.8. The highest BCUT2D eigenvalue weighted by Gasteiger charge is 2.61. The van der Waals surface area contributed by atoms with Crippen LogP contribution in [0.15, 0.2) is 72.8 Å². The zero-order chi connectivity index (χ0) is 51.4. The number of nitrogens with one attached hydrogen (secondary N) is 6. The van der Waals surface area contributed by atoms with Crippen LogP contribution in [0.25, 0.3) is 0 Å². The molecule has 6 N–H and O–H groups in total. The highest BCUT2D eigenvalue weighted by molar-refractivity contribution is 6.31. The number of rotatable bonds is 16. The maximum absolute atomic E-state index is 16.1. The van der Waals surface area contributed by atoms with Gasteiger partial charge in [0.2, 0.25) is 23.6 Å². The Morgan fingerprint density at radius 1 is 0.930 bits per heavy atom. The number of unbranched alkanes of at least 4 members (excludes halogenated alkanes) is 1. The summed E-state index contributed by atoms with van der Waals surface area (Å²) >= 11 is 12.4. The lowest BCUT2D eigenvalue weighted by molar-refractivity contribution is -0.131. The summed E-state index contributed by atoms with van der Waals surface area (Å²) in [6.07, 6.45) is 1.88. The SMILES string of the molecule is COc1cc(C(=O)NCCCCNCC(=O)Nc2cccc3c2C(=O)N([C@H]2CCCC(=O)NC2=O)C3=O)ccc1NC(=O)[C@@H]1N[C@@H](CC(C)(C)C)[C@](C#N)(c2ccc(Cl)cc2F)[C@H]1c1cccc(Cl)c1F. The molecule has 3 aliphatic heterocycles. The van der Waals surface area contributed by atoms with E-state index in [1.54, 1.807) is 0 Å². The molecule has 0 unspecified atom stereocenters. The molecule has 0 spiro atoms. The highest BCUT2D eigenvalue weighted by atomic mass is 35.5. The third kappa shape index (κ3) is 10.9. The van der Waals surface area contributed by atoms with Gasteiger partial charge >= 0.3 is 0 Å². The number of methoxy groups -OCH3 is 1. The summed E-state index contributed by atoms with van der Waals surface area (Å²) in [5, 5.41) is 27.8. The van der Waals surface area contributed by atoms with E-state index < -0.39 is 87.9 Å². The van der Waals surface area contributed by atoms with Gasteiger partial charge in [-0.3, -0.25) is 43.8 Å². The minimum Gasteiger partial charge on any atom is -0.495 e. The number of nitriles is 1. The summed E-state index contributed by atoms with van der Waals surface area (Å²) in [6, 6.07) is 16.0. The van der Waals surface area contributed by atoms with E-state index in [0.29, 0.717) is 25.8 Å². The average Bonchev–Trinajstić information content (AvgIpc) is 3.70. The Bertz CT molecular complexity index is 2850. The fourth-order valence-electron chi connectivity index (χ4n) is 9.59. The van der Waals surface area contributed by atoms with Gasteiger partial charge in [-0.15, -0.1) is 0 Å². The first-order valence-electron chi connectivity index (χ1n) is 23.0. The van der Waals surface area contributed by atoms with E-state index in [9.17, 15) is 38.8 Å². The van der Waals surface area contributed by atoms with E-state index in [-0.39, 0.29) is 87.3 Å². The molecule has 2 saturated heterocycles. The van der Waals surface area contributed by atoms with E-state index in [2.05, 4.69) is 38.0 Å². The lowest BCUT2D eigenvalue weighted by atomic mass is 9.62. The molecule has 3 aliphatic rings. The third-order valence-corrected chi connectivity index (χ3v) is 13.3. The number of carbonyl (C=O) groups is 7. The molecule has 4 aromatic rings. The minimum absolute atomic E-state index is 0.0359. The Hall–Kier alpha value is -6.78. The molecule has 20 heteroatoms. The third-order valence-electron chi connectivity index (χ3n) is 12.8. The minimum atomic E-state index is -1.84. The van der Waals surface area contributed by atoms with Gasteiger partial charge in [0.05, 0.1) is 53.3 Å². The number of amides is 7. The number of benzene rings is 4. The standard InChI is InChI=1S/C51H52Cl2F2N8O8/c1-50(2,3)24-38-51(26-56,31-18-17-28(52)23-33(31)54)42(30-11-7-12-32(53)43(30)55)44(61-38)47(68)60-34-19-16-27(22-37(34)71-4)45(66)58-21-6-5-20-57-25-40(65)59-35-13-8-10-29-41(35)49(70)63(48(29)69)36-14-9-15-39(64)62-46(36)67/h7-8,10-13,16-19,22-23,36,38,42,44,57,61H,5-6,9,14-15,20-21,24-25H2,1-4H3,(H,58,66)(H,59,65)(H,60,68)(H,62,64,67)/t36-,38-,42-,44+,51-/m0/s1. The van der Waals surface area contributed by atoms with Gasteiger partial charge in [0.25, 0.3) is 17.7 Å². The molecule has 16 nitrogen and oxygen atoms in total. The summed E-state index contributed by atoms with van der Waals surface area (Å²) in [5.74, 6) is -7.10. The number of imide groups is 2. The second-order valence-corrected chi connectivity index (χ2v) is 19.7. The number of halogens is 4. The molecule has 3 heterocycles. The second-order valence-electron chi connectivity index (χ2n) is 18.8. The van der Waals surface area contributed by atoms with Gasteiger partial charge in [-0.1, -0.05) is 68.2 Å². The van der Waals surface area contributed by atoms with E-state index in [1.807, 2.05) is 20.8 Å².